The normalized spacial score (nSPS) is 9.91. The molecule has 0 heterocycles. The number of carbonyl (C=O) groups is 2. The van der Waals surface area contributed by atoms with Crippen LogP contribution in [0.4, 0.5) is 11.4 Å². The molecule has 22 heavy (non-hydrogen) atoms. The molecule has 1 aromatic carbocycles. The molecule has 0 fully saturated rings. The molecule has 0 aliphatic heterocycles. The van der Waals surface area contributed by atoms with Gasteiger partial charge in [-0.25, -0.2) is 0 Å². The number of methoxy groups -OCH3 is 2. The Balaban J connectivity index is 2.98. The predicted molar refractivity (Wildman–Crippen MR) is 77.9 cm³/mol. The number of nitrogens with one attached hydrogen (secondary N) is 1. The van der Waals surface area contributed by atoms with Crippen molar-refractivity contribution in [1.82, 2.24) is 0 Å². The fraction of sp³-hybridized carbons (Fsp3) is 0.385. The summed E-state index contributed by atoms with van der Waals surface area (Å²) in [7, 11) is 2.61. The number of nitro groups is 1. The van der Waals surface area contributed by atoms with E-state index >= 15 is 0 Å². The number of primary amides is 1. The van der Waals surface area contributed by atoms with E-state index in [-0.39, 0.29) is 35.1 Å². The Morgan fingerprint density at radius 2 is 2.05 bits per heavy atom. The maximum atomic E-state index is 11.2. The van der Waals surface area contributed by atoms with Crippen molar-refractivity contribution in [3.63, 3.8) is 0 Å². The van der Waals surface area contributed by atoms with E-state index in [1.807, 2.05) is 0 Å². The van der Waals surface area contributed by atoms with Crippen LogP contribution in [0, 0.1) is 10.1 Å². The summed E-state index contributed by atoms with van der Waals surface area (Å²) in [6, 6.07) is 2.39. The predicted octanol–water partition coefficient (Wildman–Crippen LogP) is 1.07. The maximum Gasteiger partial charge on any atom is 0.305 e. The SMILES string of the molecule is COC(=O)CCCNc1c(OC)cc(C(N)=O)cc1[N+](=O)[O-]. The van der Waals surface area contributed by atoms with Crippen LogP contribution in [0.25, 0.3) is 0 Å². The van der Waals surface area contributed by atoms with Gasteiger partial charge in [-0.05, 0) is 12.5 Å². The van der Waals surface area contributed by atoms with Gasteiger partial charge in [-0.3, -0.25) is 19.7 Å². The molecule has 1 amide bonds. The molecule has 1 rings (SSSR count). The Labute approximate surface area is 126 Å². The molecular formula is C13H17N3O6. The van der Waals surface area contributed by atoms with Gasteiger partial charge in [0, 0.05) is 24.6 Å². The number of nitrogens with zero attached hydrogens (tertiary/aromatic N) is 1. The first kappa shape index (κ1) is 17.2. The van der Waals surface area contributed by atoms with Gasteiger partial charge in [0.1, 0.15) is 5.75 Å². The van der Waals surface area contributed by atoms with Gasteiger partial charge in [0.2, 0.25) is 5.91 Å². The molecule has 0 aliphatic rings. The Hall–Kier alpha value is -2.84. The molecule has 120 valence electrons. The first-order valence-corrected chi connectivity index (χ1v) is 6.37. The van der Waals surface area contributed by atoms with Gasteiger partial charge < -0.3 is 20.5 Å². The van der Waals surface area contributed by atoms with Crippen molar-refractivity contribution in [1.29, 1.82) is 0 Å². The highest BCUT2D eigenvalue weighted by Gasteiger charge is 2.22. The fourth-order valence-electron chi connectivity index (χ4n) is 1.77. The lowest BCUT2D eigenvalue weighted by Gasteiger charge is -2.12. The number of nitrogens with two attached hydrogens (primary N) is 1. The van der Waals surface area contributed by atoms with Gasteiger partial charge in [0.05, 0.1) is 19.1 Å². The largest absolute Gasteiger partial charge is 0.494 e. The Kier molecular flexibility index (Phi) is 6.11. The summed E-state index contributed by atoms with van der Waals surface area (Å²) in [5, 5.41) is 14.0. The lowest BCUT2D eigenvalue weighted by molar-refractivity contribution is -0.384. The number of hydrogen-bond donors (Lipinski definition) is 2. The fourth-order valence-corrected chi connectivity index (χ4v) is 1.77. The minimum atomic E-state index is -0.793. The molecule has 0 unspecified atom stereocenters. The standard InChI is InChI=1S/C13H17N3O6/c1-21-10-7-8(13(14)18)6-9(16(19)20)12(10)15-5-3-4-11(17)22-2/h6-7,15H,3-5H2,1-2H3,(H2,14,18). The first-order chi connectivity index (χ1) is 10.4. The minimum Gasteiger partial charge on any atom is -0.494 e. The zero-order valence-electron chi connectivity index (χ0n) is 12.3. The molecule has 0 bridgehead atoms. The zero-order valence-corrected chi connectivity index (χ0v) is 12.3. The third-order valence-electron chi connectivity index (χ3n) is 2.87. The summed E-state index contributed by atoms with van der Waals surface area (Å²) >= 11 is 0. The molecule has 0 atom stereocenters. The van der Waals surface area contributed by atoms with E-state index in [2.05, 4.69) is 10.1 Å². The van der Waals surface area contributed by atoms with Gasteiger partial charge in [0.25, 0.3) is 5.69 Å². The first-order valence-electron chi connectivity index (χ1n) is 6.37. The molecule has 9 nitrogen and oxygen atoms in total. The number of carbonyl (C=O) groups excluding carboxylic acids is 2. The molecule has 3 N–H and O–H groups in total. The average Bonchev–Trinajstić information content (AvgIpc) is 2.50. The van der Waals surface area contributed by atoms with Gasteiger partial charge in [-0.2, -0.15) is 0 Å². The van der Waals surface area contributed by atoms with Crippen molar-refractivity contribution in [2.24, 2.45) is 5.73 Å². The molecule has 0 radical (unpaired) electrons. The highest BCUT2D eigenvalue weighted by Crippen LogP contribution is 2.35. The molecule has 0 aliphatic carbocycles. The third-order valence-corrected chi connectivity index (χ3v) is 2.87. The lowest BCUT2D eigenvalue weighted by atomic mass is 10.1. The van der Waals surface area contributed by atoms with Crippen LogP contribution in [0.2, 0.25) is 0 Å². The van der Waals surface area contributed by atoms with Crippen molar-refractivity contribution >= 4 is 23.3 Å². The van der Waals surface area contributed by atoms with E-state index in [9.17, 15) is 19.7 Å². The summed E-state index contributed by atoms with van der Waals surface area (Å²) in [5.41, 5.74) is 4.91. The van der Waals surface area contributed by atoms with E-state index in [0.717, 1.165) is 6.07 Å². The van der Waals surface area contributed by atoms with Crippen molar-refractivity contribution in [2.75, 3.05) is 26.1 Å². The molecule has 0 saturated heterocycles. The molecule has 0 saturated carbocycles. The highest BCUT2D eigenvalue weighted by atomic mass is 16.6. The summed E-state index contributed by atoms with van der Waals surface area (Å²) < 4.78 is 9.56. The van der Waals surface area contributed by atoms with Crippen molar-refractivity contribution in [2.45, 2.75) is 12.8 Å². The Morgan fingerprint density at radius 1 is 1.36 bits per heavy atom. The van der Waals surface area contributed by atoms with E-state index < -0.39 is 10.8 Å². The van der Waals surface area contributed by atoms with Crippen LogP contribution in [0.1, 0.15) is 23.2 Å². The number of amides is 1. The van der Waals surface area contributed by atoms with Gasteiger partial charge in [-0.15, -0.1) is 0 Å². The number of hydrogen-bond acceptors (Lipinski definition) is 7. The number of anilines is 1. The lowest BCUT2D eigenvalue weighted by Crippen LogP contribution is -2.13. The van der Waals surface area contributed by atoms with Crippen LogP contribution in [0.15, 0.2) is 12.1 Å². The number of ether oxygens (including phenoxy) is 2. The van der Waals surface area contributed by atoms with Crippen molar-refractivity contribution < 1.29 is 24.0 Å². The zero-order chi connectivity index (χ0) is 16.7. The monoisotopic (exact) mass is 311 g/mol. The Morgan fingerprint density at radius 3 is 2.55 bits per heavy atom. The van der Waals surface area contributed by atoms with Gasteiger partial charge in [-0.1, -0.05) is 0 Å². The topological polar surface area (TPSA) is 134 Å². The molecule has 0 aromatic heterocycles. The van der Waals surface area contributed by atoms with E-state index in [4.69, 9.17) is 10.5 Å². The number of esters is 1. The van der Waals surface area contributed by atoms with Crippen LogP contribution in [-0.2, 0) is 9.53 Å². The third kappa shape index (κ3) is 4.33. The van der Waals surface area contributed by atoms with Crippen LogP contribution in [0.3, 0.4) is 0 Å². The molecule has 0 spiro atoms. The van der Waals surface area contributed by atoms with Crippen LogP contribution >= 0.6 is 0 Å². The second kappa shape index (κ2) is 7.81. The van der Waals surface area contributed by atoms with E-state index in [1.54, 1.807) is 0 Å². The van der Waals surface area contributed by atoms with E-state index in [1.165, 1.54) is 20.3 Å². The minimum absolute atomic E-state index is 0.0244. The summed E-state index contributed by atoms with van der Waals surface area (Å²) in [6.45, 7) is 0.294. The highest BCUT2D eigenvalue weighted by molar-refractivity contribution is 5.95. The second-order valence-corrected chi connectivity index (χ2v) is 4.30. The van der Waals surface area contributed by atoms with Crippen molar-refractivity contribution in [3.8, 4) is 5.75 Å². The van der Waals surface area contributed by atoms with E-state index in [0.29, 0.717) is 13.0 Å². The average molecular weight is 311 g/mol. The van der Waals surface area contributed by atoms with Crippen LogP contribution in [0.5, 0.6) is 5.75 Å². The Bertz CT molecular complexity index is 587. The molecule has 9 heteroatoms. The molecular weight excluding hydrogens is 294 g/mol. The smallest absolute Gasteiger partial charge is 0.305 e. The number of benzene rings is 1. The summed E-state index contributed by atoms with van der Waals surface area (Å²) in [5.74, 6) is -1.04. The quantitative estimate of drug-likeness (QED) is 0.317. The van der Waals surface area contributed by atoms with Crippen molar-refractivity contribution in [3.05, 3.63) is 27.8 Å². The van der Waals surface area contributed by atoms with Crippen LogP contribution in [-0.4, -0.2) is 37.6 Å². The second-order valence-electron chi connectivity index (χ2n) is 4.30. The number of rotatable bonds is 8. The number of nitro benzene ring substituents is 1. The molecule has 1 aromatic rings. The summed E-state index contributed by atoms with van der Waals surface area (Å²) in [4.78, 5) is 32.7. The van der Waals surface area contributed by atoms with Gasteiger partial charge >= 0.3 is 5.97 Å². The maximum absolute atomic E-state index is 11.2. The van der Waals surface area contributed by atoms with Crippen LogP contribution < -0.4 is 15.8 Å². The summed E-state index contributed by atoms with van der Waals surface area (Å²) in [6.07, 6.45) is 0.601. The van der Waals surface area contributed by atoms with Gasteiger partial charge in [0.15, 0.2) is 5.69 Å².